The van der Waals surface area contributed by atoms with Crippen LogP contribution in [0.1, 0.15) is 24.3 Å². The first kappa shape index (κ1) is 19.6. The number of fused-ring (bicyclic) bond motifs is 2. The Morgan fingerprint density at radius 1 is 1.00 bits per heavy atom. The van der Waals surface area contributed by atoms with Crippen LogP contribution in [0, 0.1) is 0 Å². The summed E-state index contributed by atoms with van der Waals surface area (Å²) in [6.07, 6.45) is -0.724. The second-order valence-electron chi connectivity index (χ2n) is 7.32. The largest absolute Gasteiger partial charge is 0.496 e. The van der Waals surface area contributed by atoms with E-state index in [1.165, 1.54) is 11.9 Å². The van der Waals surface area contributed by atoms with Crippen LogP contribution in [0.2, 0.25) is 0 Å². The van der Waals surface area contributed by atoms with Crippen LogP contribution in [0.25, 0.3) is 21.5 Å². The number of halogens is 1. The molecule has 0 spiro atoms. The number of benzene rings is 4. The molecule has 5 rings (SSSR count). The maximum atomic E-state index is 12.5. The number of carbonyl (C=O) groups excluding carboxylic acids is 1. The van der Waals surface area contributed by atoms with Gasteiger partial charge < -0.3 is 9.47 Å². The molecule has 0 aromatic heterocycles. The minimum absolute atomic E-state index is 0.216. The van der Waals surface area contributed by atoms with Crippen LogP contribution < -0.4 is 4.74 Å². The van der Waals surface area contributed by atoms with Crippen molar-refractivity contribution >= 4 is 49.3 Å². The van der Waals surface area contributed by atoms with Crippen molar-refractivity contribution in [2.24, 2.45) is 5.10 Å². The van der Waals surface area contributed by atoms with Gasteiger partial charge >= 0.3 is 0 Å². The maximum absolute atomic E-state index is 12.5. The Labute approximate surface area is 188 Å². The fourth-order valence-corrected chi connectivity index (χ4v) is 4.39. The van der Waals surface area contributed by atoms with Crippen LogP contribution >= 0.6 is 15.9 Å². The number of rotatable bonds is 3. The number of ether oxygens (including phenoxy) is 2. The van der Waals surface area contributed by atoms with Gasteiger partial charge in [-0.2, -0.15) is 5.01 Å². The first-order valence-corrected chi connectivity index (χ1v) is 10.7. The summed E-state index contributed by atoms with van der Waals surface area (Å²) in [5.41, 5.74) is 1.59. The van der Waals surface area contributed by atoms with Crippen molar-refractivity contribution in [1.29, 1.82) is 0 Å². The van der Waals surface area contributed by atoms with Gasteiger partial charge in [-0.25, -0.2) is 0 Å². The van der Waals surface area contributed by atoms with Gasteiger partial charge in [-0.05, 0) is 45.8 Å². The normalized spacial score (nSPS) is 15.8. The average Bonchev–Trinajstić information content (AvgIpc) is 3.22. The molecular formula is C25H19BrN2O3. The molecule has 0 radical (unpaired) electrons. The molecule has 0 saturated heterocycles. The molecule has 1 unspecified atom stereocenters. The van der Waals surface area contributed by atoms with Crippen LogP contribution in [0.15, 0.2) is 82.4 Å². The van der Waals surface area contributed by atoms with Gasteiger partial charge in [0, 0.05) is 11.4 Å². The Hall–Kier alpha value is -3.38. The van der Waals surface area contributed by atoms with Crippen LogP contribution in [-0.2, 0) is 9.53 Å². The lowest BCUT2D eigenvalue weighted by Crippen LogP contribution is -2.25. The quantitative estimate of drug-likeness (QED) is 0.342. The van der Waals surface area contributed by atoms with Gasteiger partial charge in [-0.3, -0.25) is 4.79 Å². The number of methoxy groups -OCH3 is 1. The SMILES string of the molecule is COc1ccc(Br)cc1C1OC(c2c3ccccc3cc3ccccc23)=NN1C(C)=O. The number of hydrogen-bond acceptors (Lipinski definition) is 4. The third-order valence-corrected chi connectivity index (χ3v) is 5.90. The van der Waals surface area contributed by atoms with E-state index in [1.54, 1.807) is 7.11 Å². The Bertz CT molecular complexity index is 1310. The highest BCUT2D eigenvalue weighted by Crippen LogP contribution is 2.39. The van der Waals surface area contributed by atoms with Crippen molar-refractivity contribution in [1.82, 2.24) is 5.01 Å². The Kier molecular flexibility index (Phi) is 4.87. The molecule has 0 bridgehead atoms. The van der Waals surface area contributed by atoms with E-state index in [4.69, 9.17) is 9.47 Å². The molecule has 154 valence electrons. The minimum atomic E-state index is -0.724. The first-order valence-electron chi connectivity index (χ1n) is 9.86. The highest BCUT2D eigenvalue weighted by Gasteiger charge is 2.36. The molecule has 0 fully saturated rings. The van der Waals surface area contributed by atoms with Gasteiger partial charge in [0.25, 0.3) is 0 Å². The highest BCUT2D eigenvalue weighted by molar-refractivity contribution is 9.10. The van der Waals surface area contributed by atoms with Crippen molar-refractivity contribution in [3.8, 4) is 5.75 Å². The second-order valence-corrected chi connectivity index (χ2v) is 8.23. The molecule has 1 heterocycles. The minimum Gasteiger partial charge on any atom is -0.496 e. The lowest BCUT2D eigenvalue weighted by molar-refractivity contribution is -0.135. The van der Waals surface area contributed by atoms with Crippen LogP contribution in [0.4, 0.5) is 0 Å². The highest BCUT2D eigenvalue weighted by atomic mass is 79.9. The molecule has 0 aliphatic carbocycles. The van der Waals surface area contributed by atoms with Gasteiger partial charge in [0.15, 0.2) is 0 Å². The summed E-state index contributed by atoms with van der Waals surface area (Å²) >= 11 is 3.50. The van der Waals surface area contributed by atoms with Crippen LogP contribution in [0.5, 0.6) is 5.75 Å². The van der Waals surface area contributed by atoms with Gasteiger partial charge in [0.05, 0.1) is 18.2 Å². The molecule has 4 aromatic rings. The molecule has 0 saturated carbocycles. The summed E-state index contributed by atoms with van der Waals surface area (Å²) in [7, 11) is 1.60. The number of carbonyl (C=O) groups is 1. The number of amides is 1. The summed E-state index contributed by atoms with van der Waals surface area (Å²) < 4.78 is 12.8. The lowest BCUT2D eigenvalue weighted by Gasteiger charge is -2.21. The van der Waals surface area contributed by atoms with E-state index < -0.39 is 6.23 Å². The average molecular weight is 475 g/mol. The summed E-state index contributed by atoms with van der Waals surface area (Å²) in [4.78, 5) is 12.5. The molecule has 31 heavy (non-hydrogen) atoms. The number of nitrogens with zero attached hydrogens (tertiary/aromatic N) is 2. The van der Waals surface area contributed by atoms with E-state index in [0.29, 0.717) is 11.6 Å². The van der Waals surface area contributed by atoms with Crippen LogP contribution in [-0.4, -0.2) is 23.9 Å². The summed E-state index contributed by atoms with van der Waals surface area (Å²) in [5, 5.41) is 10.2. The van der Waals surface area contributed by atoms with E-state index in [9.17, 15) is 4.79 Å². The zero-order valence-electron chi connectivity index (χ0n) is 17.0. The van der Waals surface area contributed by atoms with Gasteiger partial charge in [-0.15, -0.1) is 5.10 Å². The standard InChI is InChI=1S/C25H19BrN2O3/c1-15(29)28-25(21-14-18(26)11-12-22(21)30-2)31-24(27-28)23-19-9-5-3-7-16(19)13-17-8-4-6-10-20(17)23/h3-14,25H,1-2H3. The molecule has 1 atom stereocenters. The predicted molar refractivity (Wildman–Crippen MR) is 125 cm³/mol. The molecule has 5 nitrogen and oxygen atoms in total. The lowest BCUT2D eigenvalue weighted by atomic mass is 9.96. The molecule has 4 aromatic carbocycles. The monoisotopic (exact) mass is 474 g/mol. The molecular weight excluding hydrogens is 456 g/mol. The third kappa shape index (κ3) is 3.33. The number of hydrazone groups is 1. The van der Waals surface area contributed by atoms with Gasteiger partial charge in [0.1, 0.15) is 5.75 Å². The van der Waals surface area contributed by atoms with Crippen molar-refractivity contribution in [2.75, 3.05) is 7.11 Å². The van der Waals surface area contributed by atoms with Crippen molar-refractivity contribution in [3.63, 3.8) is 0 Å². The van der Waals surface area contributed by atoms with E-state index in [-0.39, 0.29) is 5.91 Å². The fraction of sp³-hybridized carbons (Fsp3) is 0.120. The summed E-state index contributed by atoms with van der Waals surface area (Å²) in [5.74, 6) is 0.820. The first-order chi connectivity index (χ1) is 15.1. The van der Waals surface area contributed by atoms with Crippen molar-refractivity contribution in [3.05, 3.63) is 88.4 Å². The molecule has 6 heteroatoms. The maximum Gasteiger partial charge on any atom is 0.243 e. The zero-order valence-corrected chi connectivity index (χ0v) is 18.6. The fourth-order valence-electron chi connectivity index (χ4n) is 4.01. The predicted octanol–water partition coefficient (Wildman–Crippen LogP) is 6.00. The zero-order chi connectivity index (χ0) is 21.5. The van der Waals surface area contributed by atoms with Crippen LogP contribution in [0.3, 0.4) is 0 Å². The Morgan fingerprint density at radius 2 is 1.65 bits per heavy atom. The molecule has 1 aliphatic rings. The van der Waals surface area contributed by atoms with E-state index in [1.807, 2.05) is 54.6 Å². The van der Waals surface area contributed by atoms with E-state index in [2.05, 4.69) is 39.2 Å². The van der Waals surface area contributed by atoms with E-state index >= 15 is 0 Å². The third-order valence-electron chi connectivity index (χ3n) is 5.41. The van der Waals surface area contributed by atoms with Gasteiger partial charge in [-0.1, -0.05) is 64.5 Å². The van der Waals surface area contributed by atoms with Gasteiger partial charge in [0.2, 0.25) is 18.0 Å². The molecule has 0 N–H and O–H groups in total. The smallest absolute Gasteiger partial charge is 0.243 e. The molecule has 1 amide bonds. The Balaban J connectivity index is 1.72. The topological polar surface area (TPSA) is 51.1 Å². The molecule has 1 aliphatic heterocycles. The summed E-state index contributed by atoms with van der Waals surface area (Å²) in [6.45, 7) is 1.48. The van der Waals surface area contributed by atoms with Crippen molar-refractivity contribution < 1.29 is 14.3 Å². The summed E-state index contributed by atoms with van der Waals surface area (Å²) in [6, 6.07) is 24.0. The number of hydrogen-bond donors (Lipinski definition) is 0. The Morgan fingerprint density at radius 3 is 2.26 bits per heavy atom. The van der Waals surface area contributed by atoms with Crippen molar-refractivity contribution in [2.45, 2.75) is 13.2 Å². The second kappa shape index (κ2) is 7.71. The van der Waals surface area contributed by atoms with E-state index in [0.717, 1.165) is 37.1 Å².